The second-order valence-electron chi connectivity index (χ2n) is 3.27. The van der Waals surface area contributed by atoms with Crippen LogP contribution in [0.4, 0.5) is 0 Å². The van der Waals surface area contributed by atoms with Crippen molar-refractivity contribution in [2.45, 2.75) is 6.10 Å². The van der Waals surface area contributed by atoms with Crippen LogP contribution in [0.25, 0.3) is 0 Å². The quantitative estimate of drug-likeness (QED) is 0.710. The second kappa shape index (κ2) is 3.98. The van der Waals surface area contributed by atoms with Gasteiger partial charge in [0, 0.05) is 11.6 Å². The monoisotopic (exact) mass is 210 g/mol. The molecule has 1 aliphatic rings. The van der Waals surface area contributed by atoms with Gasteiger partial charge in [0.2, 0.25) is 0 Å². The van der Waals surface area contributed by atoms with Crippen molar-refractivity contribution in [2.75, 3.05) is 27.9 Å². The molecule has 82 valence electrons. The van der Waals surface area contributed by atoms with Crippen molar-refractivity contribution >= 4 is 0 Å². The number of epoxide rings is 1. The number of ether oxygens (including phenoxy) is 4. The topological polar surface area (TPSA) is 40.2 Å². The Morgan fingerprint density at radius 3 is 2.00 bits per heavy atom. The number of methoxy groups -OCH3 is 3. The standard InChI is InChI=1S/C11H14O4/c1-12-8-5-10(14-3)9(13-2)4-7(8)11-6-15-11/h4-5,11H,6H2,1-3H3/t11-/m0/s1. The first-order valence-corrected chi connectivity index (χ1v) is 4.71. The summed E-state index contributed by atoms with van der Waals surface area (Å²) in [6, 6.07) is 3.71. The Bertz CT molecular complexity index is 358. The SMILES string of the molecule is COc1cc(OC)c([C@@H]2CO2)cc1OC. The van der Waals surface area contributed by atoms with Crippen LogP contribution < -0.4 is 14.2 Å². The lowest BCUT2D eigenvalue weighted by atomic mass is 10.1. The van der Waals surface area contributed by atoms with Gasteiger partial charge in [0.1, 0.15) is 11.9 Å². The van der Waals surface area contributed by atoms with E-state index in [1.54, 1.807) is 21.3 Å². The maximum absolute atomic E-state index is 5.27. The van der Waals surface area contributed by atoms with E-state index in [2.05, 4.69) is 0 Å². The number of benzene rings is 1. The fourth-order valence-electron chi connectivity index (χ4n) is 1.53. The van der Waals surface area contributed by atoms with E-state index in [-0.39, 0.29) is 6.10 Å². The van der Waals surface area contributed by atoms with Crippen LogP contribution in [0.2, 0.25) is 0 Å². The number of hydrogen-bond acceptors (Lipinski definition) is 4. The summed E-state index contributed by atoms with van der Waals surface area (Å²) < 4.78 is 20.9. The van der Waals surface area contributed by atoms with Gasteiger partial charge in [-0.3, -0.25) is 0 Å². The molecule has 1 aliphatic heterocycles. The van der Waals surface area contributed by atoms with Crippen molar-refractivity contribution < 1.29 is 18.9 Å². The molecule has 1 heterocycles. The van der Waals surface area contributed by atoms with Crippen LogP contribution in [0.5, 0.6) is 17.2 Å². The van der Waals surface area contributed by atoms with Gasteiger partial charge in [-0.25, -0.2) is 0 Å². The molecular formula is C11H14O4. The Morgan fingerprint density at radius 1 is 1.00 bits per heavy atom. The molecule has 1 atom stereocenters. The molecule has 0 spiro atoms. The first kappa shape index (κ1) is 10.1. The van der Waals surface area contributed by atoms with Gasteiger partial charge in [-0.15, -0.1) is 0 Å². The van der Waals surface area contributed by atoms with Gasteiger partial charge in [0.25, 0.3) is 0 Å². The third kappa shape index (κ3) is 1.85. The van der Waals surface area contributed by atoms with Gasteiger partial charge >= 0.3 is 0 Å². The molecule has 1 fully saturated rings. The smallest absolute Gasteiger partial charge is 0.164 e. The predicted octanol–water partition coefficient (Wildman–Crippen LogP) is 1.78. The lowest BCUT2D eigenvalue weighted by Gasteiger charge is -2.12. The molecule has 2 rings (SSSR count). The van der Waals surface area contributed by atoms with E-state index in [0.717, 1.165) is 17.9 Å². The van der Waals surface area contributed by atoms with E-state index in [9.17, 15) is 0 Å². The molecule has 1 aromatic rings. The van der Waals surface area contributed by atoms with Crippen molar-refractivity contribution in [2.24, 2.45) is 0 Å². The largest absolute Gasteiger partial charge is 0.496 e. The summed E-state index contributed by atoms with van der Waals surface area (Å²) in [5, 5.41) is 0. The van der Waals surface area contributed by atoms with Gasteiger partial charge < -0.3 is 18.9 Å². The Balaban J connectivity index is 2.44. The van der Waals surface area contributed by atoms with E-state index >= 15 is 0 Å². The third-order valence-corrected chi connectivity index (χ3v) is 2.42. The lowest BCUT2D eigenvalue weighted by molar-refractivity contribution is 0.343. The summed E-state index contributed by atoms with van der Waals surface area (Å²) in [4.78, 5) is 0. The highest BCUT2D eigenvalue weighted by Gasteiger charge is 2.29. The van der Waals surface area contributed by atoms with Crippen LogP contribution in [0.3, 0.4) is 0 Å². The van der Waals surface area contributed by atoms with Crippen molar-refractivity contribution in [1.29, 1.82) is 0 Å². The van der Waals surface area contributed by atoms with E-state index in [0.29, 0.717) is 11.5 Å². The molecule has 0 unspecified atom stereocenters. The van der Waals surface area contributed by atoms with Gasteiger partial charge in [0.05, 0.1) is 27.9 Å². The van der Waals surface area contributed by atoms with Crippen LogP contribution in [0, 0.1) is 0 Å². The Hall–Kier alpha value is -1.42. The summed E-state index contributed by atoms with van der Waals surface area (Å²) >= 11 is 0. The molecule has 0 saturated carbocycles. The molecular weight excluding hydrogens is 196 g/mol. The summed E-state index contributed by atoms with van der Waals surface area (Å²) in [5.74, 6) is 2.14. The predicted molar refractivity (Wildman–Crippen MR) is 54.8 cm³/mol. The van der Waals surface area contributed by atoms with Crippen molar-refractivity contribution in [3.8, 4) is 17.2 Å². The third-order valence-electron chi connectivity index (χ3n) is 2.42. The molecule has 0 radical (unpaired) electrons. The van der Waals surface area contributed by atoms with Gasteiger partial charge in [0.15, 0.2) is 11.5 Å². The fraction of sp³-hybridized carbons (Fsp3) is 0.455. The van der Waals surface area contributed by atoms with E-state index in [1.165, 1.54) is 0 Å². The molecule has 0 amide bonds. The molecule has 4 heteroatoms. The average molecular weight is 210 g/mol. The van der Waals surface area contributed by atoms with Crippen LogP contribution in [0.1, 0.15) is 11.7 Å². The average Bonchev–Trinajstić information content (AvgIpc) is 3.11. The zero-order chi connectivity index (χ0) is 10.8. The highest BCUT2D eigenvalue weighted by molar-refractivity contribution is 5.52. The highest BCUT2D eigenvalue weighted by atomic mass is 16.6. The minimum atomic E-state index is 0.139. The Kier molecular flexibility index (Phi) is 2.68. The Labute approximate surface area is 88.7 Å². The summed E-state index contributed by atoms with van der Waals surface area (Å²) in [6.07, 6.45) is 0.139. The molecule has 1 aromatic carbocycles. The highest BCUT2D eigenvalue weighted by Crippen LogP contribution is 2.42. The Morgan fingerprint density at radius 2 is 1.53 bits per heavy atom. The molecule has 0 N–H and O–H groups in total. The molecule has 0 aromatic heterocycles. The van der Waals surface area contributed by atoms with Crippen molar-refractivity contribution in [1.82, 2.24) is 0 Å². The first-order chi connectivity index (χ1) is 7.30. The molecule has 1 saturated heterocycles. The summed E-state index contributed by atoms with van der Waals surface area (Å²) in [5.41, 5.74) is 1.01. The van der Waals surface area contributed by atoms with Crippen LogP contribution in [0.15, 0.2) is 12.1 Å². The van der Waals surface area contributed by atoms with Crippen molar-refractivity contribution in [3.63, 3.8) is 0 Å². The second-order valence-corrected chi connectivity index (χ2v) is 3.27. The minimum absolute atomic E-state index is 0.139. The molecule has 0 aliphatic carbocycles. The van der Waals surface area contributed by atoms with Crippen LogP contribution in [-0.2, 0) is 4.74 Å². The van der Waals surface area contributed by atoms with E-state index in [4.69, 9.17) is 18.9 Å². The summed E-state index contributed by atoms with van der Waals surface area (Å²) in [6.45, 7) is 0.742. The maximum atomic E-state index is 5.27. The van der Waals surface area contributed by atoms with Crippen molar-refractivity contribution in [3.05, 3.63) is 17.7 Å². The normalized spacial score (nSPS) is 18.5. The lowest BCUT2D eigenvalue weighted by Crippen LogP contribution is -1.96. The van der Waals surface area contributed by atoms with Gasteiger partial charge in [-0.2, -0.15) is 0 Å². The molecule has 0 bridgehead atoms. The minimum Gasteiger partial charge on any atom is -0.496 e. The fourth-order valence-corrected chi connectivity index (χ4v) is 1.53. The van der Waals surface area contributed by atoms with Crippen LogP contribution in [-0.4, -0.2) is 27.9 Å². The molecule has 15 heavy (non-hydrogen) atoms. The van der Waals surface area contributed by atoms with Gasteiger partial charge in [-0.05, 0) is 6.07 Å². The van der Waals surface area contributed by atoms with Crippen LogP contribution >= 0.6 is 0 Å². The number of rotatable bonds is 4. The maximum Gasteiger partial charge on any atom is 0.164 e. The summed E-state index contributed by atoms with van der Waals surface area (Å²) in [7, 11) is 4.85. The zero-order valence-corrected chi connectivity index (χ0v) is 9.07. The van der Waals surface area contributed by atoms with Gasteiger partial charge in [-0.1, -0.05) is 0 Å². The number of hydrogen-bond donors (Lipinski definition) is 0. The molecule has 4 nitrogen and oxygen atoms in total. The zero-order valence-electron chi connectivity index (χ0n) is 9.07. The van der Waals surface area contributed by atoms with E-state index in [1.807, 2.05) is 12.1 Å². The van der Waals surface area contributed by atoms with E-state index < -0.39 is 0 Å². The first-order valence-electron chi connectivity index (χ1n) is 4.71.